The molecule has 0 bridgehead atoms. The standard InChI is InChI=1S/C5H7N2S.Rb/c1-4(2)5-7-6-3-8-5;/h4H,1-2H3;/q-1;+1. The Morgan fingerprint density at radius 3 is 2.44 bits per heavy atom. The second-order valence-electron chi connectivity index (χ2n) is 1.89. The normalized spacial score (nSPS) is 9.22. The van der Waals surface area contributed by atoms with Gasteiger partial charge in [0, 0.05) is 0 Å². The largest absolute Gasteiger partial charge is 1.00 e. The number of rotatable bonds is 1. The van der Waals surface area contributed by atoms with Crippen LogP contribution in [0.25, 0.3) is 0 Å². The SMILES string of the molecule is CC(C)c1nn[c-]s1.[Rb+]. The van der Waals surface area contributed by atoms with E-state index >= 15 is 0 Å². The summed E-state index contributed by atoms with van der Waals surface area (Å²) in [4.78, 5) is 0. The van der Waals surface area contributed by atoms with Crippen molar-refractivity contribution < 1.29 is 58.2 Å². The zero-order valence-electron chi connectivity index (χ0n) is 5.88. The van der Waals surface area contributed by atoms with Crippen molar-refractivity contribution in [2.45, 2.75) is 19.8 Å². The minimum absolute atomic E-state index is 0. The van der Waals surface area contributed by atoms with Crippen LogP contribution in [0.15, 0.2) is 0 Å². The monoisotopic (exact) mass is 212 g/mol. The predicted octanol–water partition coefficient (Wildman–Crippen LogP) is -1.53. The van der Waals surface area contributed by atoms with E-state index < -0.39 is 0 Å². The van der Waals surface area contributed by atoms with Gasteiger partial charge < -0.3 is 11.3 Å². The van der Waals surface area contributed by atoms with Crippen molar-refractivity contribution >= 4 is 11.3 Å². The van der Waals surface area contributed by atoms with Crippen molar-refractivity contribution in [2.24, 2.45) is 0 Å². The summed E-state index contributed by atoms with van der Waals surface area (Å²) in [5, 5.41) is 8.48. The third-order valence-corrected chi connectivity index (χ3v) is 1.77. The maximum Gasteiger partial charge on any atom is 1.00 e. The van der Waals surface area contributed by atoms with E-state index in [4.69, 9.17) is 0 Å². The molecule has 4 heteroatoms. The molecule has 0 fully saturated rings. The summed E-state index contributed by atoms with van der Waals surface area (Å²) in [5.41, 5.74) is 2.69. The van der Waals surface area contributed by atoms with Crippen LogP contribution in [-0.4, -0.2) is 10.2 Å². The van der Waals surface area contributed by atoms with Crippen molar-refractivity contribution in [3.05, 3.63) is 10.5 Å². The molecule has 0 unspecified atom stereocenters. The number of hydrogen-bond donors (Lipinski definition) is 0. The summed E-state index contributed by atoms with van der Waals surface area (Å²) >= 11 is 1.48. The fourth-order valence-corrected chi connectivity index (χ4v) is 0.883. The molecular weight excluding hydrogens is 206 g/mol. The van der Waals surface area contributed by atoms with Crippen molar-refractivity contribution in [3.63, 3.8) is 0 Å². The van der Waals surface area contributed by atoms with Crippen LogP contribution in [0.1, 0.15) is 24.8 Å². The minimum atomic E-state index is 0. The minimum Gasteiger partial charge on any atom is -0.315 e. The maximum atomic E-state index is 3.83. The van der Waals surface area contributed by atoms with Crippen molar-refractivity contribution in [3.8, 4) is 0 Å². The van der Waals surface area contributed by atoms with Gasteiger partial charge in [0.15, 0.2) is 0 Å². The molecule has 1 aromatic heterocycles. The number of nitrogens with zero attached hydrogens (tertiary/aromatic N) is 2. The third-order valence-electron chi connectivity index (χ3n) is 0.833. The summed E-state index contributed by atoms with van der Waals surface area (Å²) in [6.45, 7) is 4.18. The second-order valence-corrected chi connectivity index (χ2v) is 2.69. The Kier molecular flexibility index (Phi) is 5.84. The van der Waals surface area contributed by atoms with Crippen LogP contribution in [0, 0.1) is 5.51 Å². The van der Waals surface area contributed by atoms with Gasteiger partial charge in [-0.05, 0) is 5.01 Å². The molecule has 0 aromatic carbocycles. The van der Waals surface area contributed by atoms with Gasteiger partial charge in [0.2, 0.25) is 0 Å². The molecule has 44 valence electrons. The van der Waals surface area contributed by atoms with Gasteiger partial charge in [-0.2, -0.15) is 0 Å². The summed E-state index contributed by atoms with van der Waals surface area (Å²) in [6, 6.07) is 0. The Morgan fingerprint density at radius 2 is 2.22 bits per heavy atom. The molecule has 0 atom stereocenters. The van der Waals surface area contributed by atoms with Crippen molar-refractivity contribution in [1.82, 2.24) is 10.2 Å². The molecule has 1 aromatic rings. The molecule has 0 amide bonds. The van der Waals surface area contributed by atoms with Crippen LogP contribution in [-0.2, 0) is 0 Å². The Hall–Kier alpha value is 1.37. The van der Waals surface area contributed by atoms with E-state index in [1.54, 1.807) is 0 Å². The van der Waals surface area contributed by atoms with Crippen LogP contribution in [0.4, 0.5) is 0 Å². The molecule has 0 spiro atoms. The third kappa shape index (κ3) is 3.32. The van der Waals surface area contributed by atoms with Gasteiger partial charge in [-0.1, -0.05) is 25.3 Å². The van der Waals surface area contributed by atoms with E-state index in [9.17, 15) is 0 Å². The summed E-state index contributed by atoms with van der Waals surface area (Å²) in [6.07, 6.45) is 0. The molecule has 0 saturated carbocycles. The Morgan fingerprint density at radius 1 is 1.56 bits per heavy atom. The van der Waals surface area contributed by atoms with E-state index in [2.05, 4.69) is 29.6 Å². The summed E-state index contributed by atoms with van der Waals surface area (Å²) in [7, 11) is 0. The first-order valence-corrected chi connectivity index (χ1v) is 3.32. The van der Waals surface area contributed by atoms with Crippen LogP contribution in [0.3, 0.4) is 0 Å². The quantitative estimate of drug-likeness (QED) is 0.528. The fraction of sp³-hybridized carbons (Fsp3) is 0.600. The molecule has 0 aliphatic heterocycles. The van der Waals surface area contributed by atoms with Crippen LogP contribution in [0.5, 0.6) is 0 Å². The van der Waals surface area contributed by atoms with Gasteiger partial charge >= 0.3 is 58.2 Å². The average molecular weight is 213 g/mol. The van der Waals surface area contributed by atoms with E-state index in [0.29, 0.717) is 5.92 Å². The van der Waals surface area contributed by atoms with Gasteiger partial charge in [-0.15, -0.1) is 0 Å². The summed E-state index contributed by atoms with van der Waals surface area (Å²) in [5.74, 6) is 0.499. The first kappa shape index (κ1) is 10.4. The van der Waals surface area contributed by atoms with Gasteiger partial charge in [0.1, 0.15) is 0 Å². The van der Waals surface area contributed by atoms with Crippen molar-refractivity contribution in [1.29, 1.82) is 0 Å². The van der Waals surface area contributed by atoms with Crippen LogP contribution >= 0.6 is 11.3 Å². The molecule has 0 radical (unpaired) electrons. The Bertz CT molecular complexity index is 150. The first-order valence-electron chi connectivity index (χ1n) is 2.50. The molecule has 0 saturated heterocycles. The van der Waals surface area contributed by atoms with E-state index in [0.717, 1.165) is 5.01 Å². The average Bonchev–Trinajstić information content (AvgIpc) is 2.12. The fourth-order valence-electron chi connectivity index (χ4n) is 0.391. The molecular formula is C5H7N2RbS. The molecule has 0 aliphatic rings. The zero-order valence-corrected chi connectivity index (χ0v) is 11.6. The topological polar surface area (TPSA) is 25.8 Å². The van der Waals surface area contributed by atoms with Gasteiger partial charge in [0.25, 0.3) is 0 Å². The molecule has 1 heterocycles. The first-order chi connectivity index (χ1) is 3.80. The number of hydrogen-bond acceptors (Lipinski definition) is 3. The zero-order chi connectivity index (χ0) is 5.98. The molecule has 9 heavy (non-hydrogen) atoms. The van der Waals surface area contributed by atoms with Crippen molar-refractivity contribution in [2.75, 3.05) is 0 Å². The van der Waals surface area contributed by atoms with Gasteiger partial charge in [-0.3, -0.25) is 10.2 Å². The van der Waals surface area contributed by atoms with Gasteiger partial charge in [0.05, 0.1) is 0 Å². The Balaban J connectivity index is 0.000000640. The second kappa shape index (κ2) is 5.07. The maximum absolute atomic E-state index is 3.83. The molecule has 1 rings (SSSR count). The molecule has 0 aliphatic carbocycles. The summed E-state index contributed by atoms with van der Waals surface area (Å²) < 4.78 is 0. The number of aromatic nitrogens is 2. The smallest absolute Gasteiger partial charge is 0.315 e. The molecule has 2 nitrogen and oxygen atoms in total. The van der Waals surface area contributed by atoms with Gasteiger partial charge in [-0.25, -0.2) is 0 Å². The van der Waals surface area contributed by atoms with E-state index in [1.165, 1.54) is 11.3 Å². The van der Waals surface area contributed by atoms with E-state index in [1.807, 2.05) is 0 Å². The predicted molar refractivity (Wildman–Crippen MR) is 32.8 cm³/mol. The van der Waals surface area contributed by atoms with Crippen LogP contribution in [0.2, 0.25) is 0 Å². The van der Waals surface area contributed by atoms with E-state index in [-0.39, 0.29) is 58.2 Å². The molecule has 0 N–H and O–H groups in total. The Labute approximate surface area is 108 Å². The van der Waals surface area contributed by atoms with Crippen LogP contribution < -0.4 is 58.2 Å².